The summed E-state index contributed by atoms with van der Waals surface area (Å²) in [6, 6.07) is 4.76. The quantitative estimate of drug-likeness (QED) is 0.690. The summed E-state index contributed by atoms with van der Waals surface area (Å²) in [7, 11) is 0. The van der Waals surface area contributed by atoms with Gasteiger partial charge in [-0.1, -0.05) is 53.7 Å². The Morgan fingerprint density at radius 1 is 1.12 bits per heavy atom. The molecule has 0 bridgehead atoms. The molecular formula is C15H23FO. The first kappa shape index (κ1) is 15.8. The van der Waals surface area contributed by atoms with Crippen molar-refractivity contribution in [1.82, 2.24) is 0 Å². The van der Waals surface area contributed by atoms with E-state index in [0.717, 1.165) is 0 Å². The van der Waals surface area contributed by atoms with Gasteiger partial charge in [0.1, 0.15) is 5.82 Å². The molecule has 0 aliphatic carbocycles. The third-order valence-electron chi connectivity index (χ3n) is 2.43. The van der Waals surface area contributed by atoms with Crippen LogP contribution in [-0.4, -0.2) is 5.78 Å². The van der Waals surface area contributed by atoms with Gasteiger partial charge in [0.05, 0.1) is 0 Å². The van der Waals surface area contributed by atoms with Crippen molar-refractivity contribution < 1.29 is 9.18 Å². The van der Waals surface area contributed by atoms with E-state index in [-0.39, 0.29) is 23.4 Å². The number of benzene rings is 1. The molecule has 1 rings (SSSR count). The van der Waals surface area contributed by atoms with Gasteiger partial charge in [-0.2, -0.15) is 0 Å². The Morgan fingerprint density at radius 2 is 1.65 bits per heavy atom. The maximum Gasteiger partial charge on any atom is 0.165 e. The van der Waals surface area contributed by atoms with Gasteiger partial charge < -0.3 is 0 Å². The summed E-state index contributed by atoms with van der Waals surface area (Å²) in [5.41, 5.74) is 1.13. The molecule has 1 aromatic carbocycles. The molecule has 0 aliphatic heterocycles. The number of ketones is 1. The van der Waals surface area contributed by atoms with Gasteiger partial charge in [0.25, 0.3) is 0 Å². The molecule has 17 heavy (non-hydrogen) atoms. The molecule has 0 N–H and O–H groups in total. The fraction of sp³-hybridized carbons (Fsp3) is 0.533. The third kappa shape index (κ3) is 4.29. The average molecular weight is 238 g/mol. The molecule has 96 valence electrons. The highest BCUT2D eigenvalue weighted by atomic mass is 19.1. The Kier molecular flexibility index (Phi) is 6.71. The molecule has 1 nitrogen and oxygen atoms in total. The Bertz CT molecular complexity index is 367. The van der Waals surface area contributed by atoms with Gasteiger partial charge in [-0.25, -0.2) is 4.39 Å². The Morgan fingerprint density at radius 3 is 2.00 bits per heavy atom. The molecule has 0 unspecified atom stereocenters. The molecule has 0 radical (unpaired) electrons. The van der Waals surface area contributed by atoms with Crippen LogP contribution in [-0.2, 0) is 0 Å². The first-order chi connectivity index (χ1) is 7.93. The van der Waals surface area contributed by atoms with Gasteiger partial charge in [0.15, 0.2) is 5.78 Å². The van der Waals surface area contributed by atoms with Crippen molar-refractivity contribution >= 4 is 5.78 Å². The molecule has 0 spiro atoms. The van der Waals surface area contributed by atoms with Gasteiger partial charge in [-0.05, 0) is 17.5 Å². The topological polar surface area (TPSA) is 17.1 Å². The van der Waals surface area contributed by atoms with Crippen LogP contribution in [0.25, 0.3) is 0 Å². The molecular weight excluding hydrogens is 215 g/mol. The van der Waals surface area contributed by atoms with E-state index in [0.29, 0.717) is 11.1 Å². The van der Waals surface area contributed by atoms with Crippen LogP contribution in [0.5, 0.6) is 0 Å². The van der Waals surface area contributed by atoms with Crippen LogP contribution in [0.2, 0.25) is 0 Å². The van der Waals surface area contributed by atoms with E-state index in [2.05, 4.69) is 0 Å². The van der Waals surface area contributed by atoms with Crippen LogP contribution in [0, 0.1) is 11.7 Å². The van der Waals surface area contributed by atoms with Crippen molar-refractivity contribution in [1.29, 1.82) is 0 Å². The van der Waals surface area contributed by atoms with Crippen molar-refractivity contribution in [2.45, 2.75) is 47.5 Å². The summed E-state index contributed by atoms with van der Waals surface area (Å²) in [5, 5.41) is 0. The van der Waals surface area contributed by atoms with Crippen LogP contribution < -0.4 is 0 Å². The van der Waals surface area contributed by atoms with Crippen LogP contribution in [0.4, 0.5) is 4.39 Å². The highest BCUT2D eigenvalue weighted by Gasteiger charge is 2.13. The lowest BCUT2D eigenvalue weighted by molar-refractivity contribution is 0.0939. The number of hydrogen-bond donors (Lipinski definition) is 0. The number of hydrogen-bond acceptors (Lipinski definition) is 1. The lowest BCUT2D eigenvalue weighted by Gasteiger charge is -2.09. The minimum atomic E-state index is -0.281. The van der Waals surface area contributed by atoms with Crippen LogP contribution in [0.15, 0.2) is 18.2 Å². The van der Waals surface area contributed by atoms with E-state index < -0.39 is 0 Å². The highest BCUT2D eigenvalue weighted by molar-refractivity contribution is 5.97. The summed E-state index contributed by atoms with van der Waals surface area (Å²) in [6.45, 7) is 11.5. The van der Waals surface area contributed by atoms with E-state index in [1.165, 1.54) is 6.07 Å². The van der Waals surface area contributed by atoms with Crippen molar-refractivity contribution in [2.75, 3.05) is 0 Å². The minimum absolute atomic E-state index is 0.00999. The van der Waals surface area contributed by atoms with Crippen molar-refractivity contribution in [3.63, 3.8) is 0 Å². The third-order valence-corrected chi connectivity index (χ3v) is 2.43. The van der Waals surface area contributed by atoms with Crippen LogP contribution in [0.1, 0.15) is 63.4 Å². The Balaban J connectivity index is 0.00000121. The second-order valence-corrected chi connectivity index (χ2v) is 4.41. The average Bonchev–Trinajstić information content (AvgIpc) is 2.29. The van der Waals surface area contributed by atoms with E-state index in [9.17, 15) is 9.18 Å². The summed E-state index contributed by atoms with van der Waals surface area (Å²) < 4.78 is 13.6. The standard InChI is InChI=1S/C13H17FO.C2H6/c1-8(2)11-6-5-10(7-12(11)14)13(15)9(3)4;1-2/h5-9H,1-4H3;1-2H3. The smallest absolute Gasteiger partial charge is 0.165 e. The molecule has 0 fully saturated rings. The molecule has 1 aromatic rings. The Labute approximate surface area is 104 Å². The molecule has 2 heteroatoms. The SMILES string of the molecule is CC.CC(C)C(=O)c1ccc(C(C)C)c(F)c1. The highest BCUT2D eigenvalue weighted by Crippen LogP contribution is 2.20. The monoisotopic (exact) mass is 238 g/mol. The lowest BCUT2D eigenvalue weighted by atomic mass is 9.96. The fourth-order valence-corrected chi connectivity index (χ4v) is 1.48. The zero-order valence-corrected chi connectivity index (χ0v) is 11.7. The van der Waals surface area contributed by atoms with Gasteiger partial charge in [0.2, 0.25) is 0 Å². The van der Waals surface area contributed by atoms with Gasteiger partial charge in [0, 0.05) is 11.5 Å². The second kappa shape index (κ2) is 7.21. The molecule has 0 amide bonds. The van der Waals surface area contributed by atoms with E-state index in [1.54, 1.807) is 12.1 Å². The minimum Gasteiger partial charge on any atom is -0.294 e. The first-order valence-corrected chi connectivity index (χ1v) is 6.27. The number of halogens is 1. The zero-order chi connectivity index (χ0) is 13.6. The normalized spacial score (nSPS) is 10.2. The van der Waals surface area contributed by atoms with Crippen molar-refractivity contribution in [2.24, 2.45) is 5.92 Å². The van der Waals surface area contributed by atoms with E-state index in [1.807, 2.05) is 41.5 Å². The van der Waals surface area contributed by atoms with Crippen molar-refractivity contribution in [3.05, 3.63) is 35.1 Å². The molecule has 0 heterocycles. The zero-order valence-electron chi connectivity index (χ0n) is 11.7. The Hall–Kier alpha value is -1.18. The van der Waals surface area contributed by atoms with Crippen LogP contribution >= 0.6 is 0 Å². The molecule has 0 aromatic heterocycles. The summed E-state index contributed by atoms with van der Waals surface area (Å²) >= 11 is 0. The maximum atomic E-state index is 13.6. The van der Waals surface area contributed by atoms with Crippen molar-refractivity contribution in [3.8, 4) is 0 Å². The fourth-order valence-electron chi connectivity index (χ4n) is 1.48. The number of carbonyl (C=O) groups is 1. The lowest BCUT2D eigenvalue weighted by Crippen LogP contribution is -2.08. The summed E-state index contributed by atoms with van der Waals surface area (Å²) in [6.07, 6.45) is 0. The van der Waals surface area contributed by atoms with Gasteiger partial charge >= 0.3 is 0 Å². The van der Waals surface area contributed by atoms with E-state index >= 15 is 0 Å². The van der Waals surface area contributed by atoms with Crippen LogP contribution in [0.3, 0.4) is 0 Å². The largest absolute Gasteiger partial charge is 0.294 e. The van der Waals surface area contributed by atoms with E-state index in [4.69, 9.17) is 0 Å². The maximum absolute atomic E-state index is 13.6. The molecule has 0 saturated heterocycles. The van der Waals surface area contributed by atoms with Gasteiger partial charge in [-0.15, -0.1) is 0 Å². The second-order valence-electron chi connectivity index (χ2n) is 4.41. The molecule has 0 saturated carbocycles. The number of Topliss-reactive ketones (excluding diaryl/α,β-unsaturated/α-hetero) is 1. The predicted octanol–water partition coefficient (Wildman–Crippen LogP) is 4.81. The molecule has 0 atom stereocenters. The first-order valence-electron chi connectivity index (χ1n) is 6.27. The predicted molar refractivity (Wildman–Crippen MR) is 71.0 cm³/mol. The molecule has 0 aliphatic rings. The van der Waals surface area contributed by atoms with Gasteiger partial charge in [-0.3, -0.25) is 4.79 Å². The number of carbonyl (C=O) groups excluding carboxylic acids is 1. The summed E-state index contributed by atoms with van der Waals surface area (Å²) in [5.74, 6) is -0.233. The summed E-state index contributed by atoms with van der Waals surface area (Å²) in [4.78, 5) is 11.6. The number of rotatable bonds is 3.